The molecule has 1 aliphatic rings. The Hall–Kier alpha value is -1.55. The lowest BCUT2D eigenvalue weighted by atomic mass is 10.0. The molecule has 0 atom stereocenters. The minimum atomic E-state index is 0.585. The van der Waals surface area contributed by atoms with Crippen LogP contribution in [0.3, 0.4) is 0 Å². The Balaban J connectivity index is 1.89. The second-order valence-electron chi connectivity index (χ2n) is 6.07. The van der Waals surface area contributed by atoms with Gasteiger partial charge in [-0.05, 0) is 44.0 Å². The summed E-state index contributed by atoms with van der Waals surface area (Å²) in [5.74, 6) is 1.20. The predicted molar refractivity (Wildman–Crippen MR) is 88.5 cm³/mol. The molecule has 2 aromatic rings. The van der Waals surface area contributed by atoms with Crippen LogP contribution >= 0.6 is 0 Å². The van der Waals surface area contributed by atoms with Crippen LogP contribution in [0, 0.1) is 0 Å². The van der Waals surface area contributed by atoms with Crippen LogP contribution in [0.1, 0.15) is 45.0 Å². The molecular weight excluding hydrogens is 260 g/mol. The lowest BCUT2D eigenvalue weighted by Crippen LogP contribution is -2.35. The molecule has 0 saturated carbocycles. The Kier molecular flexibility index (Phi) is 4.15. The standard InChI is InChI=1S/C17H26N4/c1-3-9-20-10-7-14(8-11-20)21-16-6-5-13(18)12-15(16)19-17(21)4-2/h5-6,12,14H,3-4,7-11,18H2,1-2H3. The zero-order valence-electron chi connectivity index (χ0n) is 13.2. The van der Waals surface area contributed by atoms with Crippen molar-refractivity contribution in [2.45, 2.75) is 45.6 Å². The maximum Gasteiger partial charge on any atom is 0.109 e. The van der Waals surface area contributed by atoms with Gasteiger partial charge in [-0.1, -0.05) is 13.8 Å². The first-order valence-corrected chi connectivity index (χ1v) is 8.21. The number of fused-ring (bicyclic) bond motifs is 1. The first-order chi connectivity index (χ1) is 10.2. The van der Waals surface area contributed by atoms with Crippen molar-refractivity contribution >= 4 is 16.7 Å². The third-order valence-corrected chi connectivity index (χ3v) is 4.56. The highest BCUT2D eigenvalue weighted by Gasteiger charge is 2.23. The third-order valence-electron chi connectivity index (χ3n) is 4.56. The Morgan fingerprint density at radius 2 is 2.00 bits per heavy atom. The minimum absolute atomic E-state index is 0.585. The van der Waals surface area contributed by atoms with Crippen LogP contribution in [-0.2, 0) is 6.42 Å². The molecule has 2 heterocycles. The summed E-state index contributed by atoms with van der Waals surface area (Å²) in [5, 5.41) is 0. The molecular formula is C17H26N4. The average molecular weight is 286 g/mol. The molecule has 4 nitrogen and oxygen atoms in total. The van der Waals surface area contributed by atoms with E-state index in [2.05, 4.69) is 29.4 Å². The molecule has 1 saturated heterocycles. The van der Waals surface area contributed by atoms with E-state index in [1.54, 1.807) is 0 Å². The van der Waals surface area contributed by atoms with E-state index in [9.17, 15) is 0 Å². The molecule has 4 heteroatoms. The molecule has 0 aliphatic carbocycles. The highest BCUT2D eigenvalue weighted by molar-refractivity contribution is 5.79. The number of aromatic nitrogens is 2. The summed E-state index contributed by atoms with van der Waals surface area (Å²) < 4.78 is 2.47. The molecule has 0 bridgehead atoms. The quantitative estimate of drug-likeness (QED) is 0.878. The van der Waals surface area contributed by atoms with Crippen molar-refractivity contribution in [3.63, 3.8) is 0 Å². The number of hydrogen-bond donors (Lipinski definition) is 1. The second-order valence-corrected chi connectivity index (χ2v) is 6.07. The van der Waals surface area contributed by atoms with Crippen molar-refractivity contribution in [2.75, 3.05) is 25.4 Å². The van der Waals surface area contributed by atoms with Crippen LogP contribution in [0.15, 0.2) is 18.2 Å². The molecule has 0 radical (unpaired) electrons. The van der Waals surface area contributed by atoms with Crippen LogP contribution in [0.25, 0.3) is 11.0 Å². The molecule has 0 amide bonds. The van der Waals surface area contributed by atoms with Gasteiger partial charge >= 0.3 is 0 Å². The summed E-state index contributed by atoms with van der Waals surface area (Å²) in [5.41, 5.74) is 8.99. The maximum atomic E-state index is 5.90. The molecule has 3 rings (SSSR count). The predicted octanol–water partition coefficient (Wildman–Crippen LogP) is 3.23. The zero-order valence-corrected chi connectivity index (χ0v) is 13.2. The molecule has 2 N–H and O–H groups in total. The van der Waals surface area contributed by atoms with E-state index in [-0.39, 0.29) is 0 Å². The summed E-state index contributed by atoms with van der Waals surface area (Å²) in [4.78, 5) is 7.37. The lowest BCUT2D eigenvalue weighted by Gasteiger charge is -2.33. The number of anilines is 1. The minimum Gasteiger partial charge on any atom is -0.399 e. The number of aryl methyl sites for hydroxylation is 1. The number of imidazole rings is 1. The molecule has 114 valence electrons. The van der Waals surface area contributed by atoms with Gasteiger partial charge in [0, 0.05) is 31.2 Å². The van der Waals surface area contributed by atoms with E-state index < -0.39 is 0 Å². The Bertz CT molecular complexity index is 609. The van der Waals surface area contributed by atoms with Gasteiger partial charge in [-0.25, -0.2) is 4.98 Å². The van der Waals surface area contributed by atoms with Crippen molar-refractivity contribution in [1.29, 1.82) is 0 Å². The van der Waals surface area contributed by atoms with E-state index in [0.29, 0.717) is 6.04 Å². The number of nitrogens with two attached hydrogens (primary N) is 1. The van der Waals surface area contributed by atoms with Gasteiger partial charge < -0.3 is 15.2 Å². The number of nitrogens with zero attached hydrogens (tertiary/aromatic N) is 3. The highest BCUT2D eigenvalue weighted by Crippen LogP contribution is 2.29. The Morgan fingerprint density at radius 1 is 1.24 bits per heavy atom. The van der Waals surface area contributed by atoms with Gasteiger partial charge in [-0.2, -0.15) is 0 Å². The fourth-order valence-electron chi connectivity index (χ4n) is 3.54. The molecule has 1 aliphatic heterocycles. The summed E-state index contributed by atoms with van der Waals surface area (Å²) in [6.07, 6.45) is 4.67. The monoisotopic (exact) mass is 286 g/mol. The number of piperidine rings is 1. The van der Waals surface area contributed by atoms with Crippen LogP contribution in [0.4, 0.5) is 5.69 Å². The van der Waals surface area contributed by atoms with Gasteiger partial charge in [0.05, 0.1) is 11.0 Å². The van der Waals surface area contributed by atoms with Gasteiger partial charge in [0.1, 0.15) is 5.82 Å². The van der Waals surface area contributed by atoms with Crippen LogP contribution < -0.4 is 5.73 Å². The van der Waals surface area contributed by atoms with E-state index >= 15 is 0 Å². The fourth-order valence-corrected chi connectivity index (χ4v) is 3.54. The number of nitrogen functional groups attached to an aromatic ring is 1. The summed E-state index contributed by atoms with van der Waals surface area (Å²) in [7, 11) is 0. The number of hydrogen-bond acceptors (Lipinski definition) is 3. The van der Waals surface area contributed by atoms with Gasteiger partial charge in [0.15, 0.2) is 0 Å². The molecule has 1 fully saturated rings. The number of benzene rings is 1. The van der Waals surface area contributed by atoms with E-state index in [0.717, 1.165) is 17.6 Å². The molecule has 1 aromatic carbocycles. The Labute approximate surface area is 126 Å². The molecule has 0 spiro atoms. The molecule has 1 aromatic heterocycles. The number of rotatable bonds is 4. The van der Waals surface area contributed by atoms with E-state index in [1.807, 2.05) is 12.1 Å². The zero-order chi connectivity index (χ0) is 14.8. The van der Waals surface area contributed by atoms with Crippen molar-refractivity contribution in [2.24, 2.45) is 0 Å². The SMILES string of the molecule is CCCN1CCC(n2c(CC)nc3cc(N)ccc32)CC1. The average Bonchev–Trinajstić information content (AvgIpc) is 2.86. The highest BCUT2D eigenvalue weighted by atomic mass is 15.2. The van der Waals surface area contributed by atoms with Gasteiger partial charge in [-0.3, -0.25) is 0 Å². The van der Waals surface area contributed by atoms with Crippen molar-refractivity contribution in [3.05, 3.63) is 24.0 Å². The van der Waals surface area contributed by atoms with Crippen LogP contribution in [-0.4, -0.2) is 34.1 Å². The van der Waals surface area contributed by atoms with Crippen molar-refractivity contribution < 1.29 is 0 Å². The smallest absolute Gasteiger partial charge is 0.109 e. The Morgan fingerprint density at radius 3 is 2.67 bits per heavy atom. The maximum absolute atomic E-state index is 5.90. The van der Waals surface area contributed by atoms with Crippen LogP contribution in [0.2, 0.25) is 0 Å². The van der Waals surface area contributed by atoms with E-state index in [1.165, 1.54) is 50.2 Å². The lowest BCUT2D eigenvalue weighted by molar-refractivity contribution is 0.187. The summed E-state index contributed by atoms with van der Waals surface area (Å²) in [6.45, 7) is 8.09. The third kappa shape index (κ3) is 2.77. The van der Waals surface area contributed by atoms with Crippen LogP contribution in [0.5, 0.6) is 0 Å². The summed E-state index contributed by atoms with van der Waals surface area (Å²) >= 11 is 0. The van der Waals surface area contributed by atoms with Gasteiger partial charge in [-0.15, -0.1) is 0 Å². The van der Waals surface area contributed by atoms with Crippen molar-refractivity contribution in [3.8, 4) is 0 Å². The fraction of sp³-hybridized carbons (Fsp3) is 0.588. The molecule has 0 unspecified atom stereocenters. The summed E-state index contributed by atoms with van der Waals surface area (Å²) in [6, 6.07) is 6.71. The van der Waals surface area contributed by atoms with Gasteiger partial charge in [0.2, 0.25) is 0 Å². The second kappa shape index (κ2) is 6.06. The number of likely N-dealkylation sites (tertiary alicyclic amines) is 1. The topological polar surface area (TPSA) is 47.1 Å². The van der Waals surface area contributed by atoms with E-state index in [4.69, 9.17) is 10.7 Å². The first-order valence-electron chi connectivity index (χ1n) is 8.21. The normalized spacial score (nSPS) is 17.6. The first kappa shape index (κ1) is 14.4. The largest absolute Gasteiger partial charge is 0.399 e. The molecule has 21 heavy (non-hydrogen) atoms. The van der Waals surface area contributed by atoms with Crippen molar-refractivity contribution in [1.82, 2.24) is 14.5 Å². The van der Waals surface area contributed by atoms with Gasteiger partial charge in [0.25, 0.3) is 0 Å².